The topological polar surface area (TPSA) is 26.0 Å². The van der Waals surface area contributed by atoms with Crippen LogP contribution in [0.25, 0.3) is 0 Å². The van der Waals surface area contributed by atoms with E-state index in [0.717, 1.165) is 18.8 Å². The number of nitrogens with two attached hydrogens (primary N) is 1. The Morgan fingerprint density at radius 2 is 1.75 bits per heavy atom. The molecular weight excluding hydrogens is 194 g/mol. The maximum Gasteiger partial charge on any atom is 0.0297 e. The second kappa shape index (κ2) is 6.70. The average Bonchev–Trinajstić information content (AvgIpc) is 2.29. The van der Waals surface area contributed by atoms with Gasteiger partial charge in [-0.05, 0) is 29.9 Å². The van der Waals surface area contributed by atoms with Crippen molar-refractivity contribution < 1.29 is 0 Å². The smallest absolute Gasteiger partial charge is 0.0297 e. The van der Waals surface area contributed by atoms with E-state index in [2.05, 4.69) is 45.0 Å². The first-order valence-corrected chi connectivity index (χ1v) is 6.51. The van der Waals surface area contributed by atoms with Crippen molar-refractivity contribution in [1.29, 1.82) is 0 Å². The quantitative estimate of drug-likeness (QED) is 0.766. The molecule has 0 aliphatic heterocycles. The summed E-state index contributed by atoms with van der Waals surface area (Å²) in [6, 6.07) is 8.96. The molecule has 0 saturated carbocycles. The van der Waals surface area contributed by atoms with E-state index in [-0.39, 0.29) is 6.04 Å². The third-order valence-electron chi connectivity index (χ3n) is 3.25. The molecule has 0 spiro atoms. The van der Waals surface area contributed by atoms with E-state index in [9.17, 15) is 0 Å². The van der Waals surface area contributed by atoms with E-state index in [1.807, 2.05) is 0 Å². The van der Waals surface area contributed by atoms with Crippen LogP contribution in [0.5, 0.6) is 0 Å². The highest BCUT2D eigenvalue weighted by Gasteiger charge is 2.10. The summed E-state index contributed by atoms with van der Waals surface area (Å²) < 4.78 is 0. The molecular formula is C15H25N. The molecule has 1 aromatic carbocycles. The van der Waals surface area contributed by atoms with Crippen molar-refractivity contribution in [3.05, 3.63) is 35.4 Å². The lowest BCUT2D eigenvalue weighted by molar-refractivity contribution is 0.440. The molecule has 0 fully saturated rings. The van der Waals surface area contributed by atoms with Gasteiger partial charge in [-0.15, -0.1) is 0 Å². The molecule has 0 radical (unpaired) electrons. The maximum absolute atomic E-state index is 6.22. The molecule has 0 bridgehead atoms. The van der Waals surface area contributed by atoms with Gasteiger partial charge in [0.1, 0.15) is 0 Å². The molecule has 0 aromatic heterocycles. The first-order valence-electron chi connectivity index (χ1n) is 6.51. The van der Waals surface area contributed by atoms with Crippen molar-refractivity contribution in [2.24, 2.45) is 11.7 Å². The lowest BCUT2D eigenvalue weighted by atomic mass is 9.93. The Morgan fingerprint density at radius 3 is 2.25 bits per heavy atom. The fourth-order valence-electron chi connectivity index (χ4n) is 2.18. The summed E-state index contributed by atoms with van der Waals surface area (Å²) in [7, 11) is 0. The molecule has 1 aromatic rings. The van der Waals surface area contributed by atoms with Crippen LogP contribution in [-0.2, 0) is 6.42 Å². The van der Waals surface area contributed by atoms with Crippen LogP contribution in [0.1, 0.15) is 57.2 Å². The first-order chi connectivity index (χ1) is 7.67. The van der Waals surface area contributed by atoms with Gasteiger partial charge >= 0.3 is 0 Å². The van der Waals surface area contributed by atoms with Gasteiger partial charge in [-0.3, -0.25) is 0 Å². The number of benzene rings is 1. The van der Waals surface area contributed by atoms with Gasteiger partial charge in [-0.2, -0.15) is 0 Å². The molecule has 2 N–H and O–H groups in total. The van der Waals surface area contributed by atoms with Crippen molar-refractivity contribution >= 4 is 0 Å². The minimum absolute atomic E-state index is 0.201. The minimum Gasteiger partial charge on any atom is -0.324 e. The van der Waals surface area contributed by atoms with Crippen LogP contribution in [0.2, 0.25) is 0 Å². The van der Waals surface area contributed by atoms with Gasteiger partial charge in [-0.25, -0.2) is 0 Å². The van der Waals surface area contributed by atoms with Crippen molar-refractivity contribution in [2.45, 2.75) is 52.5 Å². The number of hydrogen-bond donors (Lipinski definition) is 1. The third-order valence-corrected chi connectivity index (χ3v) is 3.25. The highest BCUT2D eigenvalue weighted by Crippen LogP contribution is 2.22. The Kier molecular flexibility index (Phi) is 5.54. The van der Waals surface area contributed by atoms with Crippen molar-refractivity contribution in [1.82, 2.24) is 0 Å². The molecule has 1 rings (SSSR count). The van der Waals surface area contributed by atoms with Crippen molar-refractivity contribution in [3.63, 3.8) is 0 Å². The molecule has 2 atom stereocenters. The molecule has 90 valence electrons. The summed E-state index contributed by atoms with van der Waals surface area (Å²) in [6.07, 6.45) is 4.73. The molecule has 2 unspecified atom stereocenters. The molecule has 0 amide bonds. The third kappa shape index (κ3) is 3.97. The molecule has 0 aliphatic carbocycles. The van der Waals surface area contributed by atoms with Gasteiger partial charge in [0, 0.05) is 6.04 Å². The van der Waals surface area contributed by atoms with Gasteiger partial charge in [0.05, 0.1) is 0 Å². The normalized spacial score (nSPS) is 14.8. The monoisotopic (exact) mass is 219 g/mol. The maximum atomic E-state index is 6.22. The fourth-order valence-corrected chi connectivity index (χ4v) is 2.18. The molecule has 0 aliphatic rings. The molecule has 0 heterocycles. The van der Waals surface area contributed by atoms with Gasteiger partial charge < -0.3 is 5.73 Å². The molecule has 1 heteroatoms. The largest absolute Gasteiger partial charge is 0.324 e. The number of rotatable bonds is 6. The minimum atomic E-state index is 0.201. The van der Waals surface area contributed by atoms with Crippen molar-refractivity contribution in [3.8, 4) is 0 Å². The summed E-state index contributed by atoms with van der Waals surface area (Å²) in [5.74, 6) is 0.728. The second-order valence-electron chi connectivity index (χ2n) is 4.83. The first kappa shape index (κ1) is 13.2. The lowest BCUT2D eigenvalue weighted by Crippen LogP contribution is -2.14. The van der Waals surface area contributed by atoms with E-state index >= 15 is 0 Å². The van der Waals surface area contributed by atoms with E-state index in [1.54, 1.807) is 0 Å². The Balaban J connectivity index is 2.55. The van der Waals surface area contributed by atoms with E-state index in [1.165, 1.54) is 24.0 Å². The Morgan fingerprint density at radius 1 is 1.12 bits per heavy atom. The molecule has 0 saturated heterocycles. The summed E-state index contributed by atoms with van der Waals surface area (Å²) in [5.41, 5.74) is 8.88. The van der Waals surface area contributed by atoms with E-state index in [0.29, 0.717) is 0 Å². The van der Waals surface area contributed by atoms with Crippen LogP contribution in [0.4, 0.5) is 0 Å². The predicted octanol–water partition coefficient (Wildman–Crippen LogP) is 4.08. The van der Waals surface area contributed by atoms with E-state index < -0.39 is 0 Å². The van der Waals surface area contributed by atoms with Gasteiger partial charge in [-0.1, -0.05) is 57.9 Å². The highest BCUT2D eigenvalue weighted by atomic mass is 14.6. The van der Waals surface area contributed by atoms with Crippen LogP contribution < -0.4 is 5.73 Å². The van der Waals surface area contributed by atoms with Gasteiger partial charge in [0.15, 0.2) is 0 Å². The summed E-state index contributed by atoms with van der Waals surface area (Å²) in [5, 5.41) is 0. The Bertz CT molecular complexity index is 289. The second-order valence-corrected chi connectivity index (χ2v) is 4.83. The fraction of sp³-hybridized carbons (Fsp3) is 0.600. The zero-order valence-electron chi connectivity index (χ0n) is 10.9. The summed E-state index contributed by atoms with van der Waals surface area (Å²) >= 11 is 0. The van der Waals surface area contributed by atoms with Gasteiger partial charge in [0.25, 0.3) is 0 Å². The summed E-state index contributed by atoms with van der Waals surface area (Å²) in [4.78, 5) is 0. The zero-order valence-corrected chi connectivity index (χ0v) is 10.9. The lowest BCUT2D eigenvalue weighted by Gasteiger charge is -2.17. The zero-order chi connectivity index (χ0) is 12.0. The standard InChI is InChI=1S/C15H25N/c1-4-6-12(3)11-15(16)14-9-7-13(5-2)8-10-14/h7-10,12,15H,4-6,11,16H2,1-3H3. The molecule has 1 nitrogen and oxygen atoms in total. The Labute approximate surface area is 100 Å². The number of aryl methyl sites for hydroxylation is 1. The van der Waals surface area contributed by atoms with Crippen LogP contribution in [0, 0.1) is 5.92 Å². The van der Waals surface area contributed by atoms with Crippen LogP contribution in [-0.4, -0.2) is 0 Å². The van der Waals surface area contributed by atoms with Crippen LogP contribution >= 0.6 is 0 Å². The average molecular weight is 219 g/mol. The van der Waals surface area contributed by atoms with Crippen LogP contribution in [0.15, 0.2) is 24.3 Å². The van der Waals surface area contributed by atoms with E-state index in [4.69, 9.17) is 5.73 Å². The molecule has 16 heavy (non-hydrogen) atoms. The summed E-state index contributed by atoms with van der Waals surface area (Å²) in [6.45, 7) is 6.71. The Hall–Kier alpha value is -0.820. The van der Waals surface area contributed by atoms with Crippen molar-refractivity contribution in [2.75, 3.05) is 0 Å². The highest BCUT2D eigenvalue weighted by molar-refractivity contribution is 5.24. The predicted molar refractivity (Wildman–Crippen MR) is 71.4 cm³/mol. The van der Waals surface area contributed by atoms with Gasteiger partial charge in [0.2, 0.25) is 0 Å². The SMILES string of the molecule is CCCC(C)CC(N)c1ccc(CC)cc1. The number of hydrogen-bond acceptors (Lipinski definition) is 1. The van der Waals surface area contributed by atoms with Crippen LogP contribution in [0.3, 0.4) is 0 Å².